The summed E-state index contributed by atoms with van der Waals surface area (Å²) in [6, 6.07) is 1.47. The number of pyridine rings is 1. The Morgan fingerprint density at radius 2 is 2.30 bits per heavy atom. The molecule has 108 valence electrons. The number of hydrogen-bond donors (Lipinski definition) is 1. The van der Waals surface area contributed by atoms with Crippen LogP contribution >= 0.6 is 0 Å². The van der Waals surface area contributed by atoms with Crippen LogP contribution in [-0.2, 0) is 4.79 Å². The number of aryl methyl sites for hydroxylation is 1. The van der Waals surface area contributed by atoms with Crippen LogP contribution in [0.2, 0.25) is 0 Å². The van der Waals surface area contributed by atoms with Gasteiger partial charge in [-0.25, -0.2) is 4.98 Å². The summed E-state index contributed by atoms with van der Waals surface area (Å²) in [7, 11) is 0. The van der Waals surface area contributed by atoms with Crippen molar-refractivity contribution in [3.05, 3.63) is 27.9 Å². The average Bonchev–Trinajstić information content (AvgIpc) is 2.38. The van der Waals surface area contributed by atoms with E-state index in [1.807, 2.05) is 0 Å². The number of anilines is 1. The Morgan fingerprint density at radius 1 is 1.60 bits per heavy atom. The van der Waals surface area contributed by atoms with Crippen molar-refractivity contribution in [3.8, 4) is 0 Å². The lowest BCUT2D eigenvalue weighted by Gasteiger charge is -2.37. The summed E-state index contributed by atoms with van der Waals surface area (Å²) in [6.45, 7) is 4.22. The van der Waals surface area contributed by atoms with Gasteiger partial charge in [-0.1, -0.05) is 0 Å². The number of aliphatic carboxylic acids is 1. The highest BCUT2D eigenvalue weighted by Crippen LogP contribution is 2.35. The summed E-state index contributed by atoms with van der Waals surface area (Å²) >= 11 is 0. The van der Waals surface area contributed by atoms with E-state index in [2.05, 4.69) is 4.98 Å². The van der Waals surface area contributed by atoms with Gasteiger partial charge in [-0.2, -0.15) is 0 Å². The number of piperidine rings is 1. The van der Waals surface area contributed by atoms with Crippen LogP contribution in [0.3, 0.4) is 0 Å². The van der Waals surface area contributed by atoms with Crippen LogP contribution in [0, 0.1) is 22.5 Å². The molecule has 1 atom stereocenters. The predicted octanol–water partition coefficient (Wildman–Crippen LogP) is 1.99. The molecule has 0 radical (unpaired) electrons. The molecule has 0 amide bonds. The summed E-state index contributed by atoms with van der Waals surface area (Å²) in [5, 5.41) is 20.4. The third kappa shape index (κ3) is 2.56. The van der Waals surface area contributed by atoms with E-state index in [0.29, 0.717) is 24.9 Å². The Bertz CT molecular complexity index is 561. The fraction of sp³-hybridized carbons (Fsp3) is 0.538. The molecule has 1 unspecified atom stereocenters. The minimum absolute atomic E-state index is 0.0698. The highest BCUT2D eigenvalue weighted by atomic mass is 16.6. The molecule has 1 saturated heterocycles. The van der Waals surface area contributed by atoms with Crippen molar-refractivity contribution in [3.63, 3.8) is 0 Å². The van der Waals surface area contributed by atoms with E-state index in [4.69, 9.17) is 0 Å². The maximum absolute atomic E-state index is 11.3. The molecule has 0 aromatic carbocycles. The molecule has 2 heterocycles. The fourth-order valence-corrected chi connectivity index (χ4v) is 2.52. The van der Waals surface area contributed by atoms with Gasteiger partial charge in [0.25, 0.3) is 0 Å². The molecule has 7 heteroatoms. The minimum Gasteiger partial charge on any atom is -0.481 e. The minimum atomic E-state index is -0.890. The second kappa shape index (κ2) is 5.07. The Kier molecular flexibility index (Phi) is 3.61. The van der Waals surface area contributed by atoms with Gasteiger partial charge in [0.05, 0.1) is 10.3 Å². The standard InChI is InChI=1S/C13H17N3O4/c1-9-6-10(16(19)20)11(14-7-9)15-5-3-4-13(2,8-15)12(17)18/h6-7H,3-5,8H2,1-2H3,(H,17,18). The highest BCUT2D eigenvalue weighted by molar-refractivity contribution is 5.76. The van der Waals surface area contributed by atoms with Gasteiger partial charge in [-0.05, 0) is 32.3 Å². The SMILES string of the molecule is Cc1cnc(N2CCCC(C)(C(=O)O)C2)c([N+](=O)[O-])c1. The number of nitrogens with zero attached hydrogens (tertiary/aromatic N) is 3. The van der Waals surface area contributed by atoms with E-state index in [-0.39, 0.29) is 18.1 Å². The van der Waals surface area contributed by atoms with Crippen LogP contribution < -0.4 is 4.90 Å². The van der Waals surface area contributed by atoms with E-state index in [1.165, 1.54) is 6.07 Å². The topological polar surface area (TPSA) is 96.6 Å². The summed E-state index contributed by atoms with van der Waals surface area (Å²) in [6.07, 6.45) is 2.81. The quantitative estimate of drug-likeness (QED) is 0.671. The van der Waals surface area contributed by atoms with E-state index < -0.39 is 16.3 Å². The molecular formula is C13H17N3O4. The molecule has 1 aliphatic rings. The van der Waals surface area contributed by atoms with Crippen molar-refractivity contribution in [2.75, 3.05) is 18.0 Å². The van der Waals surface area contributed by atoms with Gasteiger partial charge in [-0.3, -0.25) is 14.9 Å². The van der Waals surface area contributed by atoms with Crippen LogP contribution in [-0.4, -0.2) is 34.1 Å². The van der Waals surface area contributed by atoms with Crippen molar-refractivity contribution in [2.24, 2.45) is 5.41 Å². The number of carboxylic acids is 1. The van der Waals surface area contributed by atoms with Gasteiger partial charge >= 0.3 is 11.7 Å². The van der Waals surface area contributed by atoms with Gasteiger partial charge in [0.2, 0.25) is 5.82 Å². The van der Waals surface area contributed by atoms with Gasteiger partial charge in [0.15, 0.2) is 0 Å². The molecule has 2 rings (SSSR count). The lowest BCUT2D eigenvalue weighted by atomic mass is 9.82. The van der Waals surface area contributed by atoms with Crippen molar-refractivity contribution < 1.29 is 14.8 Å². The third-order valence-corrected chi connectivity index (χ3v) is 3.69. The van der Waals surface area contributed by atoms with Gasteiger partial charge < -0.3 is 10.0 Å². The monoisotopic (exact) mass is 279 g/mol. The number of carboxylic acid groups (broad SMARTS) is 1. The number of nitro groups is 1. The van der Waals surface area contributed by atoms with Crippen molar-refractivity contribution >= 4 is 17.5 Å². The zero-order valence-electron chi connectivity index (χ0n) is 11.5. The van der Waals surface area contributed by atoms with Crippen LogP contribution in [0.15, 0.2) is 12.3 Å². The zero-order chi connectivity index (χ0) is 14.9. The average molecular weight is 279 g/mol. The first kappa shape index (κ1) is 14.2. The van der Waals surface area contributed by atoms with E-state index in [1.54, 1.807) is 24.9 Å². The van der Waals surface area contributed by atoms with E-state index >= 15 is 0 Å². The molecule has 1 aromatic rings. The normalized spacial score (nSPS) is 22.6. The van der Waals surface area contributed by atoms with Gasteiger partial charge in [0, 0.05) is 25.4 Å². The number of hydrogen-bond acceptors (Lipinski definition) is 5. The highest BCUT2D eigenvalue weighted by Gasteiger charge is 2.39. The first-order valence-electron chi connectivity index (χ1n) is 6.43. The van der Waals surface area contributed by atoms with Crippen molar-refractivity contribution in [2.45, 2.75) is 26.7 Å². The Hall–Kier alpha value is -2.18. The van der Waals surface area contributed by atoms with E-state index in [9.17, 15) is 20.0 Å². The van der Waals surface area contributed by atoms with Gasteiger partial charge in [-0.15, -0.1) is 0 Å². The summed E-state index contributed by atoms with van der Waals surface area (Å²) in [4.78, 5) is 27.9. The fourth-order valence-electron chi connectivity index (χ4n) is 2.52. The molecule has 1 fully saturated rings. The lowest BCUT2D eigenvalue weighted by Crippen LogP contribution is -2.46. The first-order valence-corrected chi connectivity index (χ1v) is 6.43. The van der Waals surface area contributed by atoms with Gasteiger partial charge in [0.1, 0.15) is 0 Å². The Balaban J connectivity index is 2.37. The molecular weight excluding hydrogens is 262 g/mol. The van der Waals surface area contributed by atoms with E-state index in [0.717, 1.165) is 0 Å². The van der Waals surface area contributed by atoms with Crippen LogP contribution in [0.1, 0.15) is 25.3 Å². The maximum Gasteiger partial charge on any atom is 0.311 e. The van der Waals surface area contributed by atoms with Crippen LogP contribution in [0.5, 0.6) is 0 Å². The summed E-state index contributed by atoms with van der Waals surface area (Å²) in [5.41, 5.74) is -0.253. The maximum atomic E-state index is 11.3. The second-order valence-corrected chi connectivity index (χ2v) is 5.50. The molecule has 0 bridgehead atoms. The lowest BCUT2D eigenvalue weighted by molar-refractivity contribution is -0.384. The number of carbonyl (C=O) groups is 1. The van der Waals surface area contributed by atoms with Crippen LogP contribution in [0.25, 0.3) is 0 Å². The molecule has 0 saturated carbocycles. The molecule has 1 N–H and O–H groups in total. The van der Waals surface area contributed by atoms with Crippen molar-refractivity contribution in [1.29, 1.82) is 0 Å². The third-order valence-electron chi connectivity index (χ3n) is 3.69. The zero-order valence-corrected chi connectivity index (χ0v) is 11.5. The second-order valence-electron chi connectivity index (χ2n) is 5.50. The molecule has 20 heavy (non-hydrogen) atoms. The Morgan fingerprint density at radius 3 is 2.90 bits per heavy atom. The predicted molar refractivity (Wildman–Crippen MR) is 72.8 cm³/mol. The first-order chi connectivity index (χ1) is 9.33. The smallest absolute Gasteiger partial charge is 0.311 e. The Labute approximate surface area is 116 Å². The number of rotatable bonds is 3. The molecule has 0 spiro atoms. The van der Waals surface area contributed by atoms with Crippen LogP contribution in [0.4, 0.5) is 11.5 Å². The summed E-state index contributed by atoms with van der Waals surface area (Å²) < 4.78 is 0. The largest absolute Gasteiger partial charge is 0.481 e. The molecule has 1 aromatic heterocycles. The number of aromatic nitrogens is 1. The molecule has 7 nitrogen and oxygen atoms in total. The molecule has 1 aliphatic heterocycles. The molecule has 0 aliphatic carbocycles. The summed E-state index contributed by atoms with van der Waals surface area (Å²) in [5.74, 6) is -0.621. The van der Waals surface area contributed by atoms with Crippen molar-refractivity contribution in [1.82, 2.24) is 4.98 Å².